The van der Waals surface area contributed by atoms with Gasteiger partial charge in [-0.2, -0.15) is 0 Å². The molecule has 0 radical (unpaired) electrons. The van der Waals surface area contributed by atoms with Gasteiger partial charge in [0.2, 0.25) is 0 Å². The van der Waals surface area contributed by atoms with Crippen LogP contribution in [0.2, 0.25) is 5.02 Å². The second-order valence-corrected chi connectivity index (χ2v) is 3.49. The summed E-state index contributed by atoms with van der Waals surface area (Å²) in [7, 11) is 0. The molecule has 3 nitrogen and oxygen atoms in total. The molecule has 1 atom stereocenters. The summed E-state index contributed by atoms with van der Waals surface area (Å²) in [6.45, 7) is 0.472. The van der Waals surface area contributed by atoms with Crippen LogP contribution in [-0.4, -0.2) is 12.6 Å². The molecule has 0 unspecified atom stereocenters. The Morgan fingerprint density at radius 2 is 2.29 bits per heavy atom. The van der Waals surface area contributed by atoms with Gasteiger partial charge in [0, 0.05) is 6.54 Å². The van der Waals surface area contributed by atoms with Crippen LogP contribution in [0, 0.1) is 5.82 Å². The fourth-order valence-electron chi connectivity index (χ4n) is 1.39. The first kappa shape index (κ1) is 9.27. The lowest BCUT2D eigenvalue weighted by molar-refractivity contribution is 0.247. The molecule has 1 aromatic carbocycles. The fourth-order valence-corrected chi connectivity index (χ4v) is 1.50. The monoisotopic (exact) mass is 214 g/mol. The zero-order valence-electron chi connectivity index (χ0n) is 7.18. The van der Waals surface area contributed by atoms with Crippen LogP contribution >= 0.6 is 11.6 Å². The van der Waals surface area contributed by atoms with Gasteiger partial charge in [0.25, 0.3) is 0 Å². The van der Waals surface area contributed by atoms with E-state index in [1.165, 1.54) is 12.1 Å². The predicted octanol–water partition coefficient (Wildman–Crippen LogP) is 1.83. The molecule has 1 aromatic rings. The van der Waals surface area contributed by atoms with Crippen LogP contribution in [0.15, 0.2) is 18.2 Å². The molecule has 1 heterocycles. The number of nitrogens with one attached hydrogen (secondary N) is 2. The molecule has 0 bridgehead atoms. The molecule has 2 amide bonds. The molecule has 5 heteroatoms. The minimum Gasteiger partial charge on any atom is -0.336 e. The average molecular weight is 215 g/mol. The van der Waals surface area contributed by atoms with Gasteiger partial charge in [0.15, 0.2) is 0 Å². The van der Waals surface area contributed by atoms with Gasteiger partial charge >= 0.3 is 6.03 Å². The van der Waals surface area contributed by atoms with Gasteiger partial charge in [0.1, 0.15) is 5.82 Å². The number of carbonyl (C=O) groups is 1. The van der Waals surface area contributed by atoms with E-state index in [4.69, 9.17) is 11.6 Å². The molecule has 1 aliphatic heterocycles. The summed E-state index contributed by atoms with van der Waals surface area (Å²) in [5.74, 6) is -0.467. The van der Waals surface area contributed by atoms with Gasteiger partial charge in [-0.05, 0) is 17.7 Å². The highest BCUT2D eigenvalue weighted by Crippen LogP contribution is 2.21. The lowest BCUT2D eigenvalue weighted by Gasteiger charge is -2.08. The second kappa shape index (κ2) is 3.46. The lowest BCUT2D eigenvalue weighted by Crippen LogP contribution is -2.21. The van der Waals surface area contributed by atoms with Crippen molar-refractivity contribution in [1.82, 2.24) is 10.6 Å². The number of halogens is 2. The van der Waals surface area contributed by atoms with Crippen molar-refractivity contribution in [3.8, 4) is 0 Å². The third kappa shape index (κ3) is 1.65. The number of hydrogen-bond donors (Lipinski definition) is 2. The Morgan fingerprint density at radius 1 is 1.50 bits per heavy atom. The summed E-state index contributed by atoms with van der Waals surface area (Å²) in [6, 6.07) is 4.11. The van der Waals surface area contributed by atoms with Gasteiger partial charge in [0.05, 0.1) is 11.1 Å². The number of amides is 2. The molecule has 14 heavy (non-hydrogen) atoms. The summed E-state index contributed by atoms with van der Waals surface area (Å²) in [5, 5.41) is 5.34. The number of carbonyl (C=O) groups excluding carboxylic acids is 1. The van der Waals surface area contributed by atoms with Crippen molar-refractivity contribution in [1.29, 1.82) is 0 Å². The Bertz CT molecular complexity index is 383. The molecule has 2 N–H and O–H groups in total. The minimum absolute atomic E-state index is 0.0889. The summed E-state index contributed by atoms with van der Waals surface area (Å²) >= 11 is 5.54. The van der Waals surface area contributed by atoms with E-state index >= 15 is 0 Å². The molecule has 74 valence electrons. The van der Waals surface area contributed by atoms with Gasteiger partial charge < -0.3 is 10.6 Å². The van der Waals surface area contributed by atoms with Crippen molar-refractivity contribution in [2.45, 2.75) is 6.04 Å². The van der Waals surface area contributed by atoms with E-state index in [2.05, 4.69) is 10.6 Å². The number of rotatable bonds is 1. The maximum Gasteiger partial charge on any atom is 0.315 e. The van der Waals surface area contributed by atoms with Crippen LogP contribution in [0.25, 0.3) is 0 Å². The van der Waals surface area contributed by atoms with E-state index < -0.39 is 5.82 Å². The molecular weight excluding hydrogens is 207 g/mol. The van der Waals surface area contributed by atoms with Crippen LogP contribution in [0.3, 0.4) is 0 Å². The summed E-state index contributed by atoms with van der Waals surface area (Å²) in [5.41, 5.74) is 0.713. The quantitative estimate of drug-likeness (QED) is 0.736. The van der Waals surface area contributed by atoms with E-state index in [1.807, 2.05) is 0 Å². The van der Waals surface area contributed by atoms with Crippen molar-refractivity contribution in [3.05, 3.63) is 34.6 Å². The molecule has 2 rings (SSSR count). The topological polar surface area (TPSA) is 41.1 Å². The summed E-state index contributed by atoms with van der Waals surface area (Å²) < 4.78 is 13.1. The van der Waals surface area contributed by atoms with Gasteiger partial charge in [-0.1, -0.05) is 17.7 Å². The average Bonchev–Trinajstić information content (AvgIpc) is 2.57. The molecule has 0 aliphatic carbocycles. The first-order valence-corrected chi connectivity index (χ1v) is 4.54. The van der Waals surface area contributed by atoms with Gasteiger partial charge in [-0.3, -0.25) is 0 Å². The molecule has 0 spiro atoms. The smallest absolute Gasteiger partial charge is 0.315 e. The fraction of sp³-hybridized carbons (Fsp3) is 0.222. The van der Waals surface area contributed by atoms with Crippen molar-refractivity contribution in [2.75, 3.05) is 6.54 Å². The van der Waals surface area contributed by atoms with Crippen LogP contribution in [0.4, 0.5) is 9.18 Å². The second-order valence-electron chi connectivity index (χ2n) is 3.08. The Labute approximate surface area is 85.3 Å². The maximum absolute atomic E-state index is 13.1. The van der Waals surface area contributed by atoms with Gasteiger partial charge in [-0.15, -0.1) is 0 Å². The molecule has 0 saturated carbocycles. The highest BCUT2D eigenvalue weighted by molar-refractivity contribution is 6.30. The summed E-state index contributed by atoms with van der Waals surface area (Å²) in [6.07, 6.45) is 0. The van der Waals surface area contributed by atoms with E-state index in [-0.39, 0.29) is 17.1 Å². The summed E-state index contributed by atoms with van der Waals surface area (Å²) in [4.78, 5) is 10.8. The van der Waals surface area contributed by atoms with E-state index in [0.717, 1.165) is 0 Å². The van der Waals surface area contributed by atoms with Crippen molar-refractivity contribution in [3.63, 3.8) is 0 Å². The Hall–Kier alpha value is -1.29. The largest absolute Gasteiger partial charge is 0.336 e. The zero-order chi connectivity index (χ0) is 10.1. The Kier molecular flexibility index (Phi) is 2.29. The van der Waals surface area contributed by atoms with Crippen LogP contribution in [0.5, 0.6) is 0 Å². The third-order valence-electron chi connectivity index (χ3n) is 2.12. The number of benzene rings is 1. The molecular formula is C9H8ClFN2O. The van der Waals surface area contributed by atoms with Crippen LogP contribution in [-0.2, 0) is 0 Å². The highest BCUT2D eigenvalue weighted by Gasteiger charge is 2.21. The normalized spacial score (nSPS) is 20.4. The van der Waals surface area contributed by atoms with E-state index in [0.29, 0.717) is 12.1 Å². The molecule has 1 aliphatic rings. The maximum atomic E-state index is 13.1. The minimum atomic E-state index is -0.467. The number of urea groups is 1. The predicted molar refractivity (Wildman–Crippen MR) is 50.7 cm³/mol. The van der Waals surface area contributed by atoms with Crippen molar-refractivity contribution >= 4 is 17.6 Å². The molecule has 1 fully saturated rings. The van der Waals surface area contributed by atoms with E-state index in [1.54, 1.807) is 6.07 Å². The zero-order valence-corrected chi connectivity index (χ0v) is 7.94. The SMILES string of the molecule is O=C1NC[C@H](c2ccc(Cl)c(F)c2)N1. The van der Waals surface area contributed by atoms with Crippen LogP contribution in [0.1, 0.15) is 11.6 Å². The standard InChI is InChI=1S/C9H8ClFN2O/c10-6-2-1-5(3-7(6)11)8-4-12-9(14)13-8/h1-3,8H,4H2,(H2,12,13,14)/t8-/m1/s1. The highest BCUT2D eigenvalue weighted by atomic mass is 35.5. The van der Waals surface area contributed by atoms with E-state index in [9.17, 15) is 9.18 Å². The first-order valence-electron chi connectivity index (χ1n) is 4.16. The number of hydrogen-bond acceptors (Lipinski definition) is 1. The van der Waals surface area contributed by atoms with Crippen molar-refractivity contribution < 1.29 is 9.18 Å². The first-order chi connectivity index (χ1) is 6.66. The molecule has 1 saturated heterocycles. The Morgan fingerprint density at radius 3 is 2.86 bits per heavy atom. The molecule has 0 aromatic heterocycles. The van der Waals surface area contributed by atoms with Crippen molar-refractivity contribution in [2.24, 2.45) is 0 Å². The van der Waals surface area contributed by atoms with Gasteiger partial charge in [-0.25, -0.2) is 9.18 Å². The van der Waals surface area contributed by atoms with Crippen LogP contribution < -0.4 is 10.6 Å². The Balaban J connectivity index is 2.24. The lowest BCUT2D eigenvalue weighted by atomic mass is 10.1. The third-order valence-corrected chi connectivity index (χ3v) is 2.42.